The Hall–Kier alpha value is -3.06. The molecule has 2 amide bonds. The number of benzene rings is 2. The molecule has 0 aliphatic carbocycles. The molecule has 0 aliphatic heterocycles. The molecule has 0 saturated carbocycles. The minimum absolute atomic E-state index is 0.121. The Labute approximate surface area is 217 Å². The van der Waals surface area contributed by atoms with Crippen LogP contribution in [0.5, 0.6) is 0 Å². The fourth-order valence-electron chi connectivity index (χ4n) is 3.48. The number of ether oxygens (including phenoxy) is 1. The number of alkyl carbamates (subject to hydrolysis) is 1. The van der Waals surface area contributed by atoms with E-state index < -0.39 is 20.1 Å². The number of carbonyl (C=O) groups is 2. The maximum atomic E-state index is 12.7. The van der Waals surface area contributed by atoms with E-state index in [1.807, 2.05) is 44.2 Å². The molecule has 36 heavy (non-hydrogen) atoms. The molecule has 0 radical (unpaired) electrons. The molecule has 1 heterocycles. The Morgan fingerprint density at radius 2 is 1.75 bits per heavy atom. The van der Waals surface area contributed by atoms with Crippen LogP contribution in [-0.4, -0.2) is 30.9 Å². The molecule has 0 bridgehead atoms. The molecule has 3 aromatic rings. The number of hydrogen-bond acceptors (Lipinski definition) is 6. The van der Waals surface area contributed by atoms with Gasteiger partial charge in [-0.1, -0.05) is 73.2 Å². The average Bonchev–Trinajstić information content (AvgIpc) is 3.43. The summed E-state index contributed by atoms with van der Waals surface area (Å²) < 4.78 is 9.27. The Morgan fingerprint density at radius 1 is 1.00 bits per heavy atom. The fourth-order valence-corrected chi connectivity index (χ4v) is 5.14. The lowest BCUT2D eigenvalue weighted by molar-refractivity contribution is -0.156. The zero-order chi connectivity index (χ0) is 25.8. The zero-order valence-corrected chi connectivity index (χ0v) is 22.3. The molecule has 7 nitrogen and oxygen atoms in total. The van der Waals surface area contributed by atoms with E-state index in [0.29, 0.717) is 6.54 Å². The summed E-state index contributed by atoms with van der Waals surface area (Å²) in [6.45, 7) is 4.34. The topological polar surface area (TPSA) is 103 Å². The van der Waals surface area contributed by atoms with E-state index in [1.165, 1.54) is 16.7 Å². The minimum atomic E-state index is -2.15. The Morgan fingerprint density at radius 3 is 2.42 bits per heavy atom. The SMILES string of the molecule is CC(C)[C@H](N=[P+]([O-])CNC(=O)OCc1ccccc1)C(=O)NCCCc1ccc(-c2ccsc2)cc1. The van der Waals surface area contributed by atoms with Crippen LogP contribution in [0.1, 0.15) is 31.4 Å². The first-order chi connectivity index (χ1) is 17.4. The fraction of sp³-hybridized carbons (Fsp3) is 0.333. The third-order valence-electron chi connectivity index (χ3n) is 5.47. The van der Waals surface area contributed by atoms with Crippen LogP contribution >= 0.6 is 19.3 Å². The highest BCUT2D eigenvalue weighted by molar-refractivity contribution is 7.39. The number of amides is 2. The predicted octanol–water partition coefficient (Wildman–Crippen LogP) is 5.31. The van der Waals surface area contributed by atoms with Crippen molar-refractivity contribution in [2.45, 2.75) is 39.3 Å². The molecule has 0 aliphatic rings. The summed E-state index contributed by atoms with van der Waals surface area (Å²) in [7, 11) is -2.15. The van der Waals surface area contributed by atoms with Crippen molar-refractivity contribution in [3.05, 3.63) is 82.6 Å². The molecule has 0 fully saturated rings. The van der Waals surface area contributed by atoms with Gasteiger partial charge in [-0.25, -0.2) is 4.79 Å². The standard InChI is InChI=1S/C27H32N3O4PS/c1-20(2)25(30-35(33)19-29-27(32)34-17-22-7-4-3-5-8-22)26(31)28-15-6-9-21-10-12-23(13-11-21)24-14-16-36-18-24/h3-5,7-8,10-14,16,18,20,25H,6,9,15,17,19H2,1-2H3,(H,28,31)(H,29,32)/t25-/m0/s1. The van der Waals surface area contributed by atoms with Gasteiger partial charge in [-0.15, -0.1) is 0 Å². The van der Waals surface area contributed by atoms with Crippen molar-refractivity contribution < 1.29 is 19.2 Å². The summed E-state index contributed by atoms with van der Waals surface area (Å²) in [4.78, 5) is 36.9. The maximum absolute atomic E-state index is 12.7. The first-order valence-corrected chi connectivity index (χ1v) is 14.3. The van der Waals surface area contributed by atoms with Gasteiger partial charge in [-0.3, -0.25) is 10.1 Å². The van der Waals surface area contributed by atoms with Crippen LogP contribution in [0.25, 0.3) is 11.1 Å². The maximum Gasteiger partial charge on any atom is 0.410 e. The molecular formula is C27H32N3O4PS. The van der Waals surface area contributed by atoms with Crippen LogP contribution in [-0.2, 0) is 22.6 Å². The van der Waals surface area contributed by atoms with Gasteiger partial charge in [0.1, 0.15) is 6.61 Å². The van der Waals surface area contributed by atoms with Crippen molar-refractivity contribution >= 4 is 31.3 Å². The number of thiophene rings is 1. The molecule has 2 N–H and O–H groups in total. The smallest absolute Gasteiger partial charge is 0.410 e. The number of rotatable bonds is 12. The Bertz CT molecular complexity index is 1120. The lowest BCUT2D eigenvalue weighted by atomic mass is 10.0. The van der Waals surface area contributed by atoms with E-state index in [-0.39, 0.29) is 24.7 Å². The summed E-state index contributed by atoms with van der Waals surface area (Å²) in [5.74, 6) is -0.383. The van der Waals surface area contributed by atoms with Crippen LogP contribution in [0.15, 0.2) is 76.2 Å². The molecule has 190 valence electrons. The van der Waals surface area contributed by atoms with Gasteiger partial charge in [0.15, 0.2) is 20.3 Å². The van der Waals surface area contributed by atoms with Gasteiger partial charge in [-0.2, -0.15) is 11.3 Å². The van der Waals surface area contributed by atoms with E-state index in [0.717, 1.165) is 18.4 Å². The second-order valence-electron chi connectivity index (χ2n) is 8.66. The van der Waals surface area contributed by atoms with Crippen molar-refractivity contribution in [3.8, 4) is 11.1 Å². The second-order valence-corrected chi connectivity index (χ2v) is 10.7. The lowest BCUT2D eigenvalue weighted by Crippen LogP contribution is -2.37. The summed E-state index contributed by atoms with van der Waals surface area (Å²) in [6.07, 6.45) is 0.777. The van der Waals surface area contributed by atoms with Crippen LogP contribution in [0.2, 0.25) is 0 Å². The monoisotopic (exact) mass is 525 g/mol. The summed E-state index contributed by atoms with van der Waals surface area (Å²) in [5, 5.41) is 9.55. The van der Waals surface area contributed by atoms with E-state index >= 15 is 0 Å². The van der Waals surface area contributed by atoms with Crippen LogP contribution in [0.4, 0.5) is 4.79 Å². The molecule has 0 spiro atoms. The summed E-state index contributed by atoms with van der Waals surface area (Å²) in [6, 6.07) is 19.1. The zero-order valence-electron chi connectivity index (χ0n) is 20.6. The van der Waals surface area contributed by atoms with E-state index in [4.69, 9.17) is 4.74 Å². The minimum Gasteiger partial charge on any atom is -0.611 e. The molecule has 3 rings (SSSR count). The number of aryl methyl sites for hydroxylation is 1. The van der Waals surface area contributed by atoms with Gasteiger partial charge < -0.3 is 14.9 Å². The highest BCUT2D eigenvalue weighted by Gasteiger charge is 2.24. The van der Waals surface area contributed by atoms with Crippen molar-refractivity contribution in [3.63, 3.8) is 0 Å². The van der Waals surface area contributed by atoms with Crippen molar-refractivity contribution in [1.29, 1.82) is 0 Å². The lowest BCUT2D eigenvalue weighted by Gasteiger charge is -2.15. The number of nitrogens with zero attached hydrogens (tertiary/aromatic N) is 1. The third kappa shape index (κ3) is 9.19. The van der Waals surface area contributed by atoms with Gasteiger partial charge >= 0.3 is 6.09 Å². The largest absolute Gasteiger partial charge is 0.611 e. The average molecular weight is 526 g/mol. The van der Waals surface area contributed by atoms with Crippen molar-refractivity contribution in [2.75, 3.05) is 12.8 Å². The van der Waals surface area contributed by atoms with Gasteiger partial charge in [0.25, 0.3) is 0 Å². The summed E-state index contributed by atoms with van der Waals surface area (Å²) >= 11 is 1.68. The number of nitrogens with one attached hydrogen (secondary N) is 2. The van der Waals surface area contributed by atoms with Crippen molar-refractivity contribution in [1.82, 2.24) is 10.6 Å². The van der Waals surface area contributed by atoms with Gasteiger partial charge in [0.05, 0.1) is 0 Å². The number of hydrogen-bond donors (Lipinski definition) is 2. The normalized spacial score (nSPS) is 12.3. The molecule has 0 saturated heterocycles. The summed E-state index contributed by atoms with van der Waals surface area (Å²) in [5.41, 5.74) is 4.48. The molecule has 9 heteroatoms. The predicted molar refractivity (Wildman–Crippen MR) is 144 cm³/mol. The van der Waals surface area contributed by atoms with Gasteiger partial charge in [0, 0.05) is 6.54 Å². The van der Waals surface area contributed by atoms with Crippen LogP contribution in [0, 0.1) is 5.92 Å². The van der Waals surface area contributed by atoms with E-state index in [1.54, 1.807) is 11.3 Å². The molecule has 1 aromatic heterocycles. The van der Waals surface area contributed by atoms with Crippen LogP contribution < -0.4 is 15.5 Å². The van der Waals surface area contributed by atoms with Crippen molar-refractivity contribution in [2.24, 2.45) is 10.7 Å². The number of carbonyl (C=O) groups excluding carboxylic acids is 2. The highest BCUT2D eigenvalue weighted by Crippen LogP contribution is 2.23. The molecular weight excluding hydrogens is 493 g/mol. The second kappa shape index (κ2) is 14.5. The molecule has 2 atom stereocenters. The first kappa shape index (κ1) is 27.5. The van der Waals surface area contributed by atoms with Crippen LogP contribution in [0.3, 0.4) is 0 Å². The van der Waals surface area contributed by atoms with Gasteiger partial charge in [-0.05, 0) is 57.8 Å². The van der Waals surface area contributed by atoms with E-state index in [9.17, 15) is 14.5 Å². The Balaban J connectivity index is 1.39. The highest BCUT2D eigenvalue weighted by atomic mass is 32.1. The van der Waals surface area contributed by atoms with E-state index in [2.05, 4.69) is 56.5 Å². The first-order valence-electron chi connectivity index (χ1n) is 11.9. The molecule has 2 aromatic carbocycles. The molecule has 1 unspecified atom stereocenters. The quantitative estimate of drug-likeness (QED) is 0.247. The third-order valence-corrected chi connectivity index (χ3v) is 7.09. The Kier molecular flexibility index (Phi) is 11.1. The van der Waals surface area contributed by atoms with Gasteiger partial charge in [0.2, 0.25) is 5.91 Å².